The number of amides is 5. The first-order valence-electron chi connectivity index (χ1n) is 22.2. The molecule has 1 atom stereocenters. The van der Waals surface area contributed by atoms with Crippen molar-refractivity contribution in [3.63, 3.8) is 0 Å². The second kappa shape index (κ2) is 20.6. The summed E-state index contributed by atoms with van der Waals surface area (Å²) in [5, 5.41) is 11.0. The van der Waals surface area contributed by atoms with Gasteiger partial charge in [0.15, 0.2) is 11.6 Å². The molecule has 3 aliphatic heterocycles. The Morgan fingerprint density at radius 1 is 0.891 bits per heavy atom. The van der Waals surface area contributed by atoms with Gasteiger partial charge in [-0.2, -0.15) is 0 Å². The van der Waals surface area contributed by atoms with Gasteiger partial charge in [0.1, 0.15) is 24.0 Å². The minimum absolute atomic E-state index is 0.0905. The van der Waals surface area contributed by atoms with E-state index in [0.29, 0.717) is 30.3 Å². The number of likely N-dealkylation sites (tertiary alicyclic amines) is 2. The number of imide groups is 2. The fourth-order valence-corrected chi connectivity index (χ4v) is 9.30. The molecule has 336 valence electrons. The summed E-state index contributed by atoms with van der Waals surface area (Å²) >= 11 is 1.64. The molecule has 0 spiro atoms. The molecule has 2 saturated heterocycles. The van der Waals surface area contributed by atoms with Gasteiger partial charge in [0.05, 0.1) is 27.6 Å². The molecule has 5 amide bonds. The lowest BCUT2D eigenvalue weighted by atomic mass is 9.97. The molecule has 0 bridgehead atoms. The van der Waals surface area contributed by atoms with Gasteiger partial charge in [-0.1, -0.05) is 62.1 Å². The van der Waals surface area contributed by atoms with Gasteiger partial charge in [-0.15, -0.1) is 11.3 Å². The Labute approximate surface area is 378 Å². The van der Waals surface area contributed by atoms with E-state index in [4.69, 9.17) is 20.2 Å². The van der Waals surface area contributed by atoms with Crippen LogP contribution < -0.4 is 15.2 Å². The maximum Gasteiger partial charge on any atom is 0.266 e. The van der Waals surface area contributed by atoms with E-state index in [9.17, 15) is 29.1 Å². The number of hydrogen-bond donors (Lipinski definition) is 2. The molecule has 2 aromatic carbocycles. The molecule has 15 heteroatoms. The molecule has 0 aliphatic carbocycles. The number of aromatic nitrogens is 2. The lowest BCUT2D eigenvalue weighted by molar-refractivity contribution is -0.149. The van der Waals surface area contributed by atoms with Crippen molar-refractivity contribution in [3.8, 4) is 33.8 Å². The van der Waals surface area contributed by atoms with E-state index < -0.39 is 29.4 Å². The maximum atomic E-state index is 13.4. The molecule has 0 saturated carbocycles. The highest BCUT2D eigenvalue weighted by Crippen LogP contribution is 2.37. The third kappa shape index (κ3) is 11.2. The van der Waals surface area contributed by atoms with Crippen LogP contribution in [0.4, 0.5) is 5.82 Å². The van der Waals surface area contributed by atoms with Gasteiger partial charge in [0.2, 0.25) is 11.8 Å². The first-order valence-corrected chi connectivity index (χ1v) is 23.0. The molecule has 7 rings (SSSR count). The van der Waals surface area contributed by atoms with Crippen LogP contribution >= 0.6 is 11.3 Å². The van der Waals surface area contributed by atoms with Gasteiger partial charge in [-0.3, -0.25) is 33.8 Å². The van der Waals surface area contributed by atoms with Crippen LogP contribution in [0, 0.1) is 11.8 Å². The predicted molar refractivity (Wildman–Crippen MR) is 242 cm³/mol. The quantitative estimate of drug-likeness (QED) is 0.0624. The minimum Gasteiger partial charge on any atom is -0.493 e. The van der Waals surface area contributed by atoms with Gasteiger partial charge in [0.25, 0.3) is 17.7 Å². The number of carbonyl (C=O) groups is 5. The van der Waals surface area contributed by atoms with Crippen molar-refractivity contribution in [2.24, 2.45) is 0 Å². The van der Waals surface area contributed by atoms with Crippen LogP contribution in [0.25, 0.3) is 10.4 Å². The van der Waals surface area contributed by atoms with Crippen molar-refractivity contribution in [1.82, 2.24) is 24.7 Å². The van der Waals surface area contributed by atoms with Gasteiger partial charge in [-0.05, 0) is 81.8 Å². The molecule has 14 nitrogen and oxygen atoms in total. The number of pyridine rings is 1. The van der Waals surface area contributed by atoms with Crippen molar-refractivity contribution in [2.75, 3.05) is 32.5 Å². The van der Waals surface area contributed by atoms with E-state index in [1.165, 1.54) is 7.05 Å². The number of aliphatic hydroxyl groups is 1. The Morgan fingerprint density at radius 2 is 1.62 bits per heavy atom. The summed E-state index contributed by atoms with van der Waals surface area (Å²) in [5.74, 6) is 5.47. The molecule has 2 aromatic heterocycles. The number of benzene rings is 2. The molecule has 0 radical (unpaired) electrons. The molecular formula is C49H56N6O8S. The molecule has 4 aromatic rings. The van der Waals surface area contributed by atoms with Gasteiger partial charge >= 0.3 is 0 Å². The zero-order chi connectivity index (χ0) is 45.4. The number of hydrogen-bond acceptors (Lipinski definition) is 12. The highest BCUT2D eigenvalue weighted by Gasteiger charge is 2.47. The number of likely N-dealkylation sites (N-methyl/N-ethyl adjacent to an activating group) is 1. The van der Waals surface area contributed by atoms with Crippen LogP contribution in [0.15, 0.2) is 60.9 Å². The molecule has 5 heterocycles. The fraction of sp³-hybridized carbons (Fsp3) is 0.449. The lowest BCUT2D eigenvalue weighted by Gasteiger charge is -2.32. The van der Waals surface area contributed by atoms with Crippen LogP contribution in [0.5, 0.6) is 11.5 Å². The summed E-state index contributed by atoms with van der Waals surface area (Å²) < 4.78 is 12.1. The maximum absolute atomic E-state index is 13.4. The topological polar surface area (TPSA) is 186 Å². The van der Waals surface area contributed by atoms with E-state index in [1.54, 1.807) is 49.6 Å². The Kier molecular flexibility index (Phi) is 14.8. The van der Waals surface area contributed by atoms with Crippen molar-refractivity contribution >= 4 is 46.7 Å². The van der Waals surface area contributed by atoms with Crippen molar-refractivity contribution in [2.45, 2.75) is 115 Å². The third-order valence-electron chi connectivity index (χ3n) is 11.9. The van der Waals surface area contributed by atoms with Crippen LogP contribution in [-0.4, -0.2) is 97.7 Å². The van der Waals surface area contributed by atoms with Crippen LogP contribution in [0.3, 0.4) is 0 Å². The monoisotopic (exact) mass is 888 g/mol. The molecule has 3 aliphatic rings. The predicted octanol–water partition coefficient (Wildman–Crippen LogP) is 7.14. The number of anilines is 1. The Morgan fingerprint density at radius 3 is 2.39 bits per heavy atom. The van der Waals surface area contributed by atoms with Crippen molar-refractivity contribution in [1.29, 1.82) is 0 Å². The normalized spacial score (nSPS) is 16.8. The fourth-order valence-electron chi connectivity index (χ4n) is 8.23. The summed E-state index contributed by atoms with van der Waals surface area (Å²) in [6.45, 7) is 5.41. The number of nitrogens with two attached hydrogens (primary N) is 1. The molecule has 1 unspecified atom stereocenters. The molecule has 3 N–H and O–H groups in total. The van der Waals surface area contributed by atoms with Gasteiger partial charge < -0.3 is 25.2 Å². The first-order chi connectivity index (χ1) is 30.8. The number of unbranched alkanes of at least 4 members (excludes halogenated alkanes) is 6. The van der Waals surface area contributed by atoms with E-state index in [2.05, 4.69) is 16.8 Å². The standard InChI is InChI=1S/C49H56N6O8S/c1-49(2,61)23-20-32-13-11-14-33(27-32)31-63-39-28-35(29-51-44(39)50)40-30-52-45(64-40)34-21-24-54(25-22-34)42(57)17-9-7-5-4-6-8-10-26-62-38-16-12-15-36-43(38)48(60)55(46(36)58)37-18-19-41(56)53(3)47(37)59/h11-16,27-30,34,37,61H,4-10,17-19,21-22,24-26,31H2,1-3H3,(H2,50,51). The second-order valence-electron chi connectivity index (χ2n) is 17.2. The average Bonchev–Trinajstić information content (AvgIpc) is 3.88. The first kappa shape index (κ1) is 45.9. The Hall–Kier alpha value is -6.11. The molecular weight excluding hydrogens is 833 g/mol. The van der Waals surface area contributed by atoms with Crippen LogP contribution in [0.1, 0.15) is 134 Å². The lowest BCUT2D eigenvalue weighted by Crippen LogP contribution is -2.54. The number of carbonyl (C=O) groups excluding carboxylic acids is 5. The summed E-state index contributed by atoms with van der Waals surface area (Å²) in [6, 6.07) is 13.5. The van der Waals surface area contributed by atoms with Crippen molar-refractivity contribution in [3.05, 3.63) is 88.2 Å². The minimum atomic E-state index is -1.08. The van der Waals surface area contributed by atoms with Crippen LogP contribution in [-0.2, 0) is 21.0 Å². The Balaban J connectivity index is 0.770. The smallest absolute Gasteiger partial charge is 0.266 e. The van der Waals surface area contributed by atoms with Gasteiger partial charge in [0, 0.05) is 62.4 Å². The number of fused-ring (bicyclic) bond motifs is 1. The summed E-state index contributed by atoms with van der Waals surface area (Å²) in [5.41, 5.74) is 8.07. The van der Waals surface area contributed by atoms with E-state index in [0.717, 1.165) is 107 Å². The van der Waals surface area contributed by atoms with E-state index in [-0.39, 0.29) is 48.3 Å². The molecule has 2 fully saturated rings. The third-order valence-corrected chi connectivity index (χ3v) is 13.1. The highest BCUT2D eigenvalue weighted by molar-refractivity contribution is 7.15. The average molecular weight is 889 g/mol. The number of ether oxygens (including phenoxy) is 2. The number of rotatable bonds is 17. The summed E-state index contributed by atoms with van der Waals surface area (Å²) in [7, 11) is 1.37. The van der Waals surface area contributed by atoms with Gasteiger partial charge in [-0.25, -0.2) is 9.97 Å². The van der Waals surface area contributed by atoms with Crippen molar-refractivity contribution < 1.29 is 38.6 Å². The number of nitrogen functional groups attached to an aromatic ring is 1. The zero-order valence-corrected chi connectivity index (χ0v) is 37.6. The van der Waals surface area contributed by atoms with E-state index in [1.807, 2.05) is 41.4 Å². The second-order valence-corrected chi connectivity index (χ2v) is 18.3. The Bertz CT molecular complexity index is 2440. The molecule has 64 heavy (non-hydrogen) atoms. The highest BCUT2D eigenvalue weighted by atomic mass is 32.1. The summed E-state index contributed by atoms with van der Waals surface area (Å²) in [6.07, 6.45) is 12.8. The number of thiazole rings is 1. The largest absolute Gasteiger partial charge is 0.493 e. The SMILES string of the molecule is CN1C(=O)CCC(N2C(=O)c3cccc(OCCCCCCCCCC(=O)N4CCC(c5ncc(-c6cnc(N)c(OCc7cccc(C#CC(C)(C)O)c7)c6)s5)CC4)c3C2=O)C1=O. The van der Waals surface area contributed by atoms with Crippen LogP contribution in [0.2, 0.25) is 0 Å². The summed E-state index contributed by atoms with van der Waals surface area (Å²) in [4.78, 5) is 78.4. The number of piperidine rings is 2. The van der Waals surface area contributed by atoms with E-state index >= 15 is 0 Å². The number of nitrogens with zero attached hydrogens (tertiary/aromatic N) is 5. The zero-order valence-electron chi connectivity index (χ0n) is 36.8.